The summed E-state index contributed by atoms with van der Waals surface area (Å²) in [5.41, 5.74) is 6.23. The van der Waals surface area contributed by atoms with Crippen LogP contribution < -0.4 is 5.73 Å². The van der Waals surface area contributed by atoms with Crippen molar-refractivity contribution in [2.45, 2.75) is 101 Å². The first-order chi connectivity index (χ1) is 21.7. The maximum absolute atomic E-state index is 12.5. The standard InChI is InChI=1S/C20H32N5O13P.C6H15N/c1-7(2-9-12(28)14(30)15(31)17(36-9)8(27)3-26)38-39(33,34)35-4-10-13(29)16(32)20(37-10)25-6-24-11-18(21)22-5-23-19(11)25;1-4-7(5-2)6-3/h5-10,12-17,20,26-32H,2-4H2,1H3,(H,33,34)(H2,21,22,23);4-6H2,1-3H3/t7-,8-,9?,10+,12+,13+,14+,15-,16+,17+,20+;/m0./s1. The van der Waals surface area contributed by atoms with E-state index in [-0.39, 0.29) is 23.4 Å². The van der Waals surface area contributed by atoms with Gasteiger partial charge in [-0.2, -0.15) is 0 Å². The average Bonchev–Trinajstić information content (AvgIpc) is 3.58. The minimum Gasteiger partial charge on any atom is -0.394 e. The summed E-state index contributed by atoms with van der Waals surface area (Å²) in [6, 6.07) is 0. The van der Waals surface area contributed by atoms with Gasteiger partial charge in [-0.1, -0.05) is 20.8 Å². The van der Waals surface area contributed by atoms with Gasteiger partial charge >= 0.3 is 7.82 Å². The summed E-state index contributed by atoms with van der Waals surface area (Å²) in [6.07, 6.45) is -13.7. The van der Waals surface area contributed by atoms with Crippen molar-refractivity contribution in [1.82, 2.24) is 24.4 Å². The maximum Gasteiger partial charge on any atom is 0.472 e. The van der Waals surface area contributed by atoms with Crippen molar-refractivity contribution in [2.24, 2.45) is 0 Å². The first kappa shape index (κ1) is 38.5. The van der Waals surface area contributed by atoms with Crippen LogP contribution in [0, 0.1) is 0 Å². The number of anilines is 1. The van der Waals surface area contributed by atoms with Crippen LogP contribution in [-0.4, -0.2) is 159 Å². The number of fused-ring (bicyclic) bond motifs is 1. The van der Waals surface area contributed by atoms with Gasteiger partial charge in [-0.15, -0.1) is 0 Å². The third-order valence-corrected chi connectivity index (χ3v) is 9.04. The number of aliphatic hydroxyl groups is 7. The molecule has 2 saturated heterocycles. The number of hydrogen-bond donors (Lipinski definition) is 9. The fourth-order valence-electron chi connectivity index (χ4n) is 5.22. The molecular weight excluding hydrogens is 635 g/mol. The van der Waals surface area contributed by atoms with Crippen LogP contribution in [0.5, 0.6) is 0 Å². The van der Waals surface area contributed by atoms with Crippen LogP contribution >= 0.6 is 7.82 Å². The summed E-state index contributed by atoms with van der Waals surface area (Å²) < 4.78 is 34.9. The smallest absolute Gasteiger partial charge is 0.394 e. The SMILES string of the molecule is CCN(CC)CC.C[C@@H](CC1O[C@H]([C@@H](O)CO)[C@@H](O)[C@H](O)[C@@H]1O)OP(=O)(O)OC[C@H]1O[C@@H](n2cnc3c(N)ncnc32)[C@H](O)[C@@H]1O. The fraction of sp³-hybridized carbons (Fsp3) is 0.808. The second-order valence-corrected chi connectivity index (χ2v) is 12.4. The van der Waals surface area contributed by atoms with Gasteiger partial charge in [0, 0.05) is 6.42 Å². The normalized spacial score (nSPS) is 32.6. The summed E-state index contributed by atoms with van der Waals surface area (Å²) in [6.45, 7) is 10.0. The van der Waals surface area contributed by atoms with E-state index < -0.39 is 88.3 Å². The molecule has 20 heteroatoms. The average molecular weight is 683 g/mol. The second kappa shape index (κ2) is 16.9. The van der Waals surface area contributed by atoms with Crippen LogP contribution in [0.2, 0.25) is 0 Å². The van der Waals surface area contributed by atoms with Gasteiger partial charge in [-0.05, 0) is 26.6 Å². The van der Waals surface area contributed by atoms with Gasteiger partial charge in [0.25, 0.3) is 0 Å². The fourth-order valence-corrected chi connectivity index (χ4v) is 6.15. The molecule has 2 aliphatic rings. The van der Waals surface area contributed by atoms with Crippen LogP contribution in [0.1, 0.15) is 40.3 Å². The molecule has 0 radical (unpaired) electrons. The summed E-state index contributed by atoms with van der Waals surface area (Å²) in [4.78, 5) is 24.5. The third kappa shape index (κ3) is 9.14. The van der Waals surface area contributed by atoms with Crippen LogP contribution in [0.3, 0.4) is 0 Å². The van der Waals surface area contributed by atoms with E-state index in [2.05, 4.69) is 40.6 Å². The Bertz CT molecular complexity index is 1270. The quantitative estimate of drug-likeness (QED) is 0.0986. The minimum absolute atomic E-state index is 0.0936. The van der Waals surface area contributed by atoms with Gasteiger partial charge < -0.3 is 60.7 Å². The number of ether oxygens (including phenoxy) is 2. The number of aromatic nitrogens is 4. The molecule has 0 amide bonds. The van der Waals surface area contributed by atoms with Crippen molar-refractivity contribution in [3.05, 3.63) is 12.7 Å². The summed E-state index contributed by atoms with van der Waals surface area (Å²) >= 11 is 0. The highest BCUT2D eigenvalue weighted by molar-refractivity contribution is 7.47. The first-order valence-corrected chi connectivity index (χ1v) is 16.5. The summed E-state index contributed by atoms with van der Waals surface area (Å²) in [7, 11) is -4.80. The molecule has 10 N–H and O–H groups in total. The molecule has 12 atom stereocenters. The van der Waals surface area contributed by atoms with Crippen molar-refractivity contribution in [3.8, 4) is 0 Å². The number of rotatable bonds is 13. The van der Waals surface area contributed by atoms with Crippen LogP contribution in [-0.2, 0) is 23.1 Å². The molecule has 46 heavy (non-hydrogen) atoms. The van der Waals surface area contributed by atoms with E-state index in [1.54, 1.807) is 0 Å². The Morgan fingerprint density at radius 2 is 1.61 bits per heavy atom. The zero-order valence-electron chi connectivity index (χ0n) is 26.1. The van der Waals surface area contributed by atoms with E-state index in [1.807, 2.05) is 0 Å². The van der Waals surface area contributed by atoms with Crippen molar-refractivity contribution in [1.29, 1.82) is 0 Å². The molecule has 2 aromatic rings. The lowest BCUT2D eigenvalue weighted by Gasteiger charge is -2.42. The minimum atomic E-state index is -4.80. The Balaban J connectivity index is 0.000000738. The molecule has 0 aromatic carbocycles. The number of imidazole rings is 1. The Hall–Kier alpha value is -1.94. The molecule has 4 heterocycles. The number of nitrogens with two attached hydrogens (primary N) is 1. The van der Waals surface area contributed by atoms with E-state index in [1.165, 1.54) is 43.8 Å². The number of nitrogen functional groups attached to an aromatic ring is 1. The van der Waals surface area contributed by atoms with Gasteiger partial charge in [0.2, 0.25) is 0 Å². The molecule has 0 bridgehead atoms. The molecule has 0 saturated carbocycles. The molecule has 0 spiro atoms. The zero-order chi connectivity index (χ0) is 34.3. The molecule has 4 rings (SSSR count). The Labute approximate surface area is 265 Å². The van der Waals surface area contributed by atoms with Gasteiger partial charge in [0.1, 0.15) is 60.7 Å². The topological polar surface area (TPSA) is 289 Å². The second-order valence-electron chi connectivity index (χ2n) is 11.0. The molecule has 19 nitrogen and oxygen atoms in total. The van der Waals surface area contributed by atoms with E-state index in [0.29, 0.717) is 0 Å². The number of hydrogen-bond acceptors (Lipinski definition) is 17. The number of aliphatic hydroxyl groups excluding tert-OH is 7. The third-order valence-electron chi connectivity index (χ3n) is 7.93. The summed E-state index contributed by atoms with van der Waals surface area (Å²) in [5.74, 6) is 0.0936. The predicted octanol–water partition coefficient (Wildman–Crippen LogP) is -2.51. The number of nitrogens with zero attached hydrogens (tertiary/aromatic N) is 5. The Morgan fingerprint density at radius 3 is 2.20 bits per heavy atom. The van der Waals surface area contributed by atoms with Crippen LogP contribution in [0.4, 0.5) is 5.82 Å². The van der Waals surface area contributed by atoms with Crippen molar-refractivity contribution >= 4 is 24.8 Å². The first-order valence-electron chi connectivity index (χ1n) is 15.0. The van der Waals surface area contributed by atoms with Gasteiger partial charge in [0.15, 0.2) is 17.7 Å². The lowest BCUT2D eigenvalue weighted by Crippen LogP contribution is -2.61. The van der Waals surface area contributed by atoms with Crippen LogP contribution in [0.15, 0.2) is 12.7 Å². The van der Waals surface area contributed by atoms with E-state index in [0.717, 1.165) is 0 Å². The Morgan fingerprint density at radius 1 is 0.978 bits per heavy atom. The number of phosphoric ester groups is 1. The van der Waals surface area contributed by atoms with Crippen LogP contribution in [0.25, 0.3) is 11.2 Å². The van der Waals surface area contributed by atoms with E-state index in [9.17, 15) is 40.1 Å². The van der Waals surface area contributed by atoms with Crippen molar-refractivity contribution in [3.63, 3.8) is 0 Å². The monoisotopic (exact) mass is 682 g/mol. The van der Waals surface area contributed by atoms with Crippen molar-refractivity contribution < 1.29 is 63.7 Å². The Kier molecular flexibility index (Phi) is 14.2. The molecule has 2 unspecified atom stereocenters. The maximum atomic E-state index is 12.5. The van der Waals surface area contributed by atoms with Gasteiger partial charge in [0.05, 0.1) is 31.7 Å². The highest BCUT2D eigenvalue weighted by atomic mass is 31.2. The zero-order valence-corrected chi connectivity index (χ0v) is 27.0. The predicted molar refractivity (Wildman–Crippen MR) is 160 cm³/mol. The van der Waals surface area contributed by atoms with Gasteiger partial charge in [-0.25, -0.2) is 19.5 Å². The van der Waals surface area contributed by atoms with E-state index >= 15 is 0 Å². The van der Waals surface area contributed by atoms with Crippen molar-refractivity contribution in [2.75, 3.05) is 38.6 Å². The summed E-state index contributed by atoms with van der Waals surface area (Å²) in [5, 5.41) is 70.2. The molecule has 0 aliphatic carbocycles. The highest BCUT2D eigenvalue weighted by Crippen LogP contribution is 2.46. The lowest BCUT2D eigenvalue weighted by atomic mass is 9.90. The largest absolute Gasteiger partial charge is 0.472 e. The van der Waals surface area contributed by atoms with E-state index in [4.69, 9.17) is 29.4 Å². The molecule has 2 fully saturated rings. The lowest BCUT2D eigenvalue weighted by molar-refractivity contribution is -0.249. The van der Waals surface area contributed by atoms with Gasteiger partial charge in [-0.3, -0.25) is 13.6 Å². The highest BCUT2D eigenvalue weighted by Gasteiger charge is 2.48. The molecular formula is C26H47N6O13P. The molecule has 2 aliphatic heterocycles. The molecule has 2 aromatic heterocycles. The number of phosphoric acid groups is 1. The molecule has 264 valence electrons.